The van der Waals surface area contributed by atoms with E-state index < -0.39 is 0 Å². The van der Waals surface area contributed by atoms with Crippen molar-refractivity contribution in [3.63, 3.8) is 0 Å². The third-order valence-electron chi connectivity index (χ3n) is 5.91. The summed E-state index contributed by atoms with van der Waals surface area (Å²) in [7, 11) is 0. The maximum atomic E-state index is 12.1. The summed E-state index contributed by atoms with van der Waals surface area (Å²) in [4.78, 5) is 12.1. The predicted molar refractivity (Wildman–Crippen MR) is 85.6 cm³/mol. The van der Waals surface area contributed by atoms with Crippen molar-refractivity contribution in [1.82, 2.24) is 5.43 Å². The number of hydrazone groups is 1. The van der Waals surface area contributed by atoms with Crippen molar-refractivity contribution < 1.29 is 4.79 Å². The summed E-state index contributed by atoms with van der Waals surface area (Å²) in [6.07, 6.45) is 3.44. The van der Waals surface area contributed by atoms with Gasteiger partial charge in [-0.25, -0.2) is 5.43 Å². The SMILES string of the molecule is CC1(C)[C@@H]2CC[C@@]1(C)/C(=N/NC(=O)c1ccc(Cl)cc1)C2. The monoisotopic (exact) mass is 304 g/mol. The summed E-state index contributed by atoms with van der Waals surface area (Å²) >= 11 is 5.83. The number of nitrogens with one attached hydrogen (secondary N) is 1. The quantitative estimate of drug-likeness (QED) is 0.814. The molecule has 21 heavy (non-hydrogen) atoms. The van der Waals surface area contributed by atoms with Gasteiger partial charge in [-0.2, -0.15) is 5.10 Å². The molecule has 2 fully saturated rings. The summed E-state index contributed by atoms with van der Waals surface area (Å²) in [6.45, 7) is 6.94. The number of halogens is 1. The van der Waals surface area contributed by atoms with Crippen LogP contribution in [0.4, 0.5) is 0 Å². The van der Waals surface area contributed by atoms with Gasteiger partial charge in [-0.05, 0) is 54.9 Å². The van der Waals surface area contributed by atoms with Gasteiger partial charge in [0, 0.05) is 21.7 Å². The van der Waals surface area contributed by atoms with Crippen LogP contribution < -0.4 is 5.43 Å². The Balaban J connectivity index is 1.76. The summed E-state index contributed by atoms with van der Waals surface area (Å²) in [5.41, 5.74) is 4.83. The van der Waals surface area contributed by atoms with Crippen LogP contribution in [0.2, 0.25) is 5.02 Å². The minimum atomic E-state index is -0.177. The zero-order chi connectivity index (χ0) is 15.3. The summed E-state index contributed by atoms with van der Waals surface area (Å²) in [6, 6.07) is 6.85. The lowest BCUT2D eigenvalue weighted by molar-refractivity contribution is 0.0954. The first kappa shape index (κ1) is 14.6. The van der Waals surface area contributed by atoms with Crippen LogP contribution >= 0.6 is 11.6 Å². The Morgan fingerprint density at radius 2 is 1.95 bits per heavy atom. The Kier molecular flexibility index (Phi) is 3.36. The first-order chi connectivity index (χ1) is 9.84. The third-order valence-corrected chi connectivity index (χ3v) is 6.16. The van der Waals surface area contributed by atoms with Gasteiger partial charge in [-0.15, -0.1) is 0 Å². The van der Waals surface area contributed by atoms with Crippen molar-refractivity contribution in [2.75, 3.05) is 0 Å². The minimum absolute atomic E-state index is 0.116. The molecule has 2 atom stereocenters. The van der Waals surface area contributed by atoms with E-state index in [4.69, 9.17) is 11.6 Å². The van der Waals surface area contributed by atoms with E-state index in [1.54, 1.807) is 24.3 Å². The molecule has 0 saturated heterocycles. The van der Waals surface area contributed by atoms with E-state index in [1.807, 2.05) is 0 Å². The summed E-state index contributed by atoms with van der Waals surface area (Å²) in [5.74, 6) is 0.511. The Morgan fingerprint density at radius 3 is 2.48 bits per heavy atom. The maximum Gasteiger partial charge on any atom is 0.271 e. The van der Waals surface area contributed by atoms with Crippen molar-refractivity contribution in [1.29, 1.82) is 0 Å². The molecule has 1 aromatic rings. The fraction of sp³-hybridized carbons (Fsp3) is 0.529. The molecular formula is C17H21ClN2O. The zero-order valence-electron chi connectivity index (χ0n) is 12.7. The molecule has 0 unspecified atom stereocenters. The minimum Gasteiger partial charge on any atom is -0.267 e. The van der Waals surface area contributed by atoms with Crippen LogP contribution in [0.15, 0.2) is 29.4 Å². The Labute approximate surface area is 130 Å². The molecule has 1 aromatic carbocycles. The van der Waals surface area contributed by atoms with E-state index >= 15 is 0 Å². The first-order valence-corrected chi connectivity index (χ1v) is 7.85. The molecule has 2 aliphatic rings. The molecule has 3 rings (SSSR count). The van der Waals surface area contributed by atoms with Crippen LogP contribution in [0, 0.1) is 16.7 Å². The van der Waals surface area contributed by atoms with Gasteiger partial charge in [0.05, 0.1) is 0 Å². The lowest BCUT2D eigenvalue weighted by atomic mass is 9.70. The molecule has 1 N–H and O–H groups in total. The Bertz CT molecular complexity index is 606. The number of benzene rings is 1. The summed E-state index contributed by atoms with van der Waals surface area (Å²) in [5, 5.41) is 5.08. The molecule has 0 heterocycles. The standard InChI is InChI=1S/C17H21ClN2O/c1-16(2)12-8-9-17(16,3)14(10-12)19-20-15(21)11-4-6-13(18)7-5-11/h4-7,12H,8-10H2,1-3H3,(H,20,21)/b19-14+/t12-,17+/m1/s1. The van der Waals surface area contributed by atoms with Crippen LogP contribution in [0.25, 0.3) is 0 Å². The van der Waals surface area contributed by atoms with Gasteiger partial charge in [0.1, 0.15) is 0 Å². The summed E-state index contributed by atoms with van der Waals surface area (Å²) < 4.78 is 0. The average Bonchev–Trinajstić information content (AvgIpc) is 2.78. The second kappa shape index (κ2) is 4.84. The number of hydrogen-bond donors (Lipinski definition) is 1. The van der Waals surface area contributed by atoms with E-state index in [0.29, 0.717) is 16.5 Å². The highest BCUT2D eigenvalue weighted by Gasteiger charge is 2.59. The van der Waals surface area contributed by atoms with Crippen LogP contribution in [0.1, 0.15) is 50.4 Å². The van der Waals surface area contributed by atoms with Gasteiger partial charge in [0.15, 0.2) is 0 Å². The number of carbonyl (C=O) groups excluding carboxylic acids is 1. The van der Waals surface area contributed by atoms with Crippen LogP contribution in [-0.2, 0) is 0 Å². The predicted octanol–water partition coefficient (Wildman–Crippen LogP) is 4.27. The van der Waals surface area contributed by atoms with Crippen LogP contribution in [0.3, 0.4) is 0 Å². The largest absolute Gasteiger partial charge is 0.271 e. The third kappa shape index (κ3) is 2.18. The van der Waals surface area contributed by atoms with E-state index in [2.05, 4.69) is 31.3 Å². The lowest BCUT2D eigenvalue weighted by Crippen LogP contribution is -2.34. The second-order valence-electron chi connectivity index (χ2n) is 7.00. The van der Waals surface area contributed by atoms with Crippen molar-refractivity contribution >= 4 is 23.2 Å². The van der Waals surface area contributed by atoms with E-state index in [9.17, 15) is 4.79 Å². The highest BCUT2D eigenvalue weighted by molar-refractivity contribution is 6.30. The van der Waals surface area contributed by atoms with Crippen molar-refractivity contribution in [3.8, 4) is 0 Å². The molecule has 4 heteroatoms. The molecule has 3 nitrogen and oxygen atoms in total. The number of rotatable bonds is 2. The number of nitrogens with zero attached hydrogens (tertiary/aromatic N) is 1. The fourth-order valence-corrected chi connectivity index (χ4v) is 4.01. The molecule has 1 amide bonds. The normalized spacial score (nSPS) is 31.6. The molecule has 0 radical (unpaired) electrons. The van der Waals surface area contributed by atoms with Gasteiger partial charge in [-0.3, -0.25) is 4.79 Å². The first-order valence-electron chi connectivity index (χ1n) is 7.47. The molecule has 0 aromatic heterocycles. The molecule has 0 spiro atoms. The van der Waals surface area contributed by atoms with Gasteiger partial charge < -0.3 is 0 Å². The Hall–Kier alpha value is -1.35. The van der Waals surface area contributed by atoms with Gasteiger partial charge in [0.25, 0.3) is 5.91 Å². The molecule has 2 aliphatic carbocycles. The van der Waals surface area contributed by atoms with Crippen LogP contribution in [-0.4, -0.2) is 11.6 Å². The van der Waals surface area contributed by atoms with Crippen molar-refractivity contribution in [2.45, 2.75) is 40.0 Å². The highest BCUT2D eigenvalue weighted by Crippen LogP contribution is 2.63. The Morgan fingerprint density at radius 1 is 1.29 bits per heavy atom. The molecule has 112 valence electrons. The zero-order valence-corrected chi connectivity index (χ0v) is 13.5. The van der Waals surface area contributed by atoms with Gasteiger partial charge in [-0.1, -0.05) is 32.4 Å². The lowest BCUT2D eigenvalue weighted by Gasteiger charge is -2.34. The molecular weight excluding hydrogens is 284 g/mol. The van der Waals surface area contributed by atoms with Gasteiger partial charge >= 0.3 is 0 Å². The number of carbonyl (C=O) groups is 1. The van der Waals surface area contributed by atoms with E-state index in [-0.39, 0.29) is 16.7 Å². The smallest absolute Gasteiger partial charge is 0.267 e. The highest BCUT2D eigenvalue weighted by atomic mass is 35.5. The fourth-order valence-electron chi connectivity index (χ4n) is 3.88. The maximum absolute atomic E-state index is 12.1. The number of amides is 1. The molecule has 0 aliphatic heterocycles. The van der Waals surface area contributed by atoms with E-state index in [1.165, 1.54) is 12.8 Å². The number of hydrogen-bond acceptors (Lipinski definition) is 2. The van der Waals surface area contributed by atoms with Crippen LogP contribution in [0.5, 0.6) is 0 Å². The van der Waals surface area contributed by atoms with Crippen molar-refractivity contribution in [3.05, 3.63) is 34.9 Å². The van der Waals surface area contributed by atoms with Crippen molar-refractivity contribution in [2.24, 2.45) is 21.8 Å². The topological polar surface area (TPSA) is 41.5 Å². The molecule has 2 saturated carbocycles. The van der Waals surface area contributed by atoms with E-state index in [0.717, 1.165) is 12.1 Å². The number of fused-ring (bicyclic) bond motifs is 2. The van der Waals surface area contributed by atoms with Gasteiger partial charge in [0.2, 0.25) is 0 Å². The average molecular weight is 305 g/mol. The molecule has 2 bridgehead atoms. The second-order valence-corrected chi connectivity index (χ2v) is 7.44.